The van der Waals surface area contributed by atoms with Crippen LogP contribution in [0, 0.1) is 0 Å². The highest BCUT2D eigenvalue weighted by Gasteiger charge is 2.17. The summed E-state index contributed by atoms with van der Waals surface area (Å²) in [4.78, 5) is 16.2. The van der Waals surface area contributed by atoms with Crippen LogP contribution in [0.15, 0.2) is 0 Å². The van der Waals surface area contributed by atoms with Gasteiger partial charge < -0.3 is 9.80 Å². The van der Waals surface area contributed by atoms with E-state index in [0.717, 1.165) is 52.0 Å². The molecule has 0 bridgehead atoms. The van der Waals surface area contributed by atoms with Gasteiger partial charge in [-0.2, -0.15) is 0 Å². The van der Waals surface area contributed by atoms with Gasteiger partial charge >= 0.3 is 0 Å². The highest BCUT2D eigenvalue weighted by molar-refractivity contribution is 6.18. The van der Waals surface area contributed by atoms with E-state index >= 15 is 0 Å². The average Bonchev–Trinajstić information content (AvgIpc) is 2.52. The van der Waals surface area contributed by atoms with Crippen molar-refractivity contribution in [2.45, 2.75) is 32.6 Å². The van der Waals surface area contributed by atoms with Crippen LogP contribution >= 0.6 is 11.6 Å². The lowest BCUT2D eigenvalue weighted by molar-refractivity contribution is -0.131. The largest absolute Gasteiger partial charge is 0.341 e. The van der Waals surface area contributed by atoms with Gasteiger partial charge in [-0.3, -0.25) is 4.79 Å². The second kappa shape index (κ2) is 7.91. The summed E-state index contributed by atoms with van der Waals surface area (Å²) in [6.07, 6.45) is 3.90. The van der Waals surface area contributed by atoms with E-state index in [-0.39, 0.29) is 0 Å². The zero-order chi connectivity index (χ0) is 11.8. The number of halogens is 1. The molecule has 1 amide bonds. The van der Waals surface area contributed by atoms with Gasteiger partial charge in [-0.1, -0.05) is 13.3 Å². The normalized spacial score (nSPS) is 18.5. The van der Waals surface area contributed by atoms with Crippen molar-refractivity contribution in [3.63, 3.8) is 0 Å². The van der Waals surface area contributed by atoms with Gasteiger partial charge in [0, 0.05) is 38.5 Å². The summed E-state index contributed by atoms with van der Waals surface area (Å²) in [5, 5.41) is 0. The van der Waals surface area contributed by atoms with Gasteiger partial charge in [0.25, 0.3) is 0 Å². The van der Waals surface area contributed by atoms with E-state index in [0.29, 0.717) is 18.2 Å². The Balaban J connectivity index is 2.31. The van der Waals surface area contributed by atoms with Crippen LogP contribution in [-0.2, 0) is 4.79 Å². The molecular formula is C12H23ClN2O. The molecule has 0 atom stereocenters. The monoisotopic (exact) mass is 246 g/mol. The maximum absolute atomic E-state index is 11.9. The Labute approximate surface area is 104 Å². The molecule has 1 rings (SSSR count). The lowest BCUT2D eigenvalue weighted by Gasteiger charge is -2.21. The molecule has 0 saturated carbocycles. The minimum Gasteiger partial charge on any atom is -0.341 e. The van der Waals surface area contributed by atoms with E-state index in [4.69, 9.17) is 11.6 Å². The standard InChI is InChI=1S/C12H23ClN2O/c1-2-3-5-12(16)15-8-4-7-14(9-6-13)10-11-15/h2-11H2,1H3. The molecule has 0 spiro atoms. The smallest absolute Gasteiger partial charge is 0.222 e. The first-order chi connectivity index (χ1) is 7.77. The van der Waals surface area contributed by atoms with E-state index in [9.17, 15) is 4.79 Å². The summed E-state index contributed by atoms with van der Waals surface area (Å²) in [7, 11) is 0. The van der Waals surface area contributed by atoms with Crippen molar-refractivity contribution in [3.05, 3.63) is 0 Å². The fourth-order valence-corrected chi connectivity index (χ4v) is 2.29. The molecule has 0 aromatic carbocycles. The molecule has 16 heavy (non-hydrogen) atoms. The highest BCUT2D eigenvalue weighted by atomic mass is 35.5. The molecule has 4 heteroatoms. The number of rotatable bonds is 5. The topological polar surface area (TPSA) is 23.6 Å². The van der Waals surface area contributed by atoms with E-state index in [1.807, 2.05) is 4.90 Å². The van der Waals surface area contributed by atoms with Crippen LogP contribution in [0.1, 0.15) is 32.6 Å². The maximum Gasteiger partial charge on any atom is 0.222 e. The van der Waals surface area contributed by atoms with Gasteiger partial charge in [-0.25, -0.2) is 0 Å². The minimum absolute atomic E-state index is 0.328. The molecule has 3 nitrogen and oxygen atoms in total. The molecular weight excluding hydrogens is 224 g/mol. The van der Waals surface area contributed by atoms with Gasteiger partial charge in [-0.05, 0) is 19.4 Å². The molecule has 1 saturated heterocycles. The summed E-state index contributed by atoms with van der Waals surface area (Å²) >= 11 is 5.73. The van der Waals surface area contributed by atoms with Gasteiger partial charge in [0.05, 0.1) is 0 Å². The number of unbranched alkanes of at least 4 members (excludes halogenated alkanes) is 1. The summed E-state index contributed by atoms with van der Waals surface area (Å²) < 4.78 is 0. The summed E-state index contributed by atoms with van der Waals surface area (Å²) in [6, 6.07) is 0. The highest BCUT2D eigenvalue weighted by Crippen LogP contribution is 2.07. The minimum atomic E-state index is 0.328. The van der Waals surface area contributed by atoms with Crippen LogP contribution in [0.5, 0.6) is 0 Å². The lowest BCUT2D eigenvalue weighted by atomic mass is 10.2. The number of hydrogen-bond acceptors (Lipinski definition) is 2. The van der Waals surface area contributed by atoms with Crippen molar-refractivity contribution in [2.24, 2.45) is 0 Å². The van der Waals surface area contributed by atoms with E-state index < -0.39 is 0 Å². The van der Waals surface area contributed by atoms with Crippen molar-refractivity contribution in [3.8, 4) is 0 Å². The number of carbonyl (C=O) groups is 1. The Morgan fingerprint density at radius 2 is 2.06 bits per heavy atom. The Kier molecular flexibility index (Phi) is 6.81. The van der Waals surface area contributed by atoms with Crippen molar-refractivity contribution in [1.29, 1.82) is 0 Å². The Morgan fingerprint density at radius 3 is 2.75 bits per heavy atom. The fraction of sp³-hybridized carbons (Fsp3) is 0.917. The average molecular weight is 247 g/mol. The Bertz CT molecular complexity index is 211. The molecule has 1 aliphatic rings. The molecule has 1 aliphatic heterocycles. The van der Waals surface area contributed by atoms with Gasteiger partial charge in [0.1, 0.15) is 0 Å². The van der Waals surface area contributed by atoms with Crippen LogP contribution in [0.3, 0.4) is 0 Å². The van der Waals surface area contributed by atoms with Crippen molar-refractivity contribution in [1.82, 2.24) is 9.80 Å². The van der Waals surface area contributed by atoms with Gasteiger partial charge in [0.15, 0.2) is 0 Å². The molecule has 1 heterocycles. The Morgan fingerprint density at radius 1 is 1.25 bits per heavy atom. The zero-order valence-electron chi connectivity index (χ0n) is 10.3. The fourth-order valence-electron chi connectivity index (χ4n) is 2.05. The van der Waals surface area contributed by atoms with Crippen LogP contribution in [-0.4, -0.2) is 54.3 Å². The first-order valence-corrected chi connectivity index (χ1v) is 6.87. The molecule has 0 radical (unpaired) electrons. The summed E-state index contributed by atoms with van der Waals surface area (Å²) in [6.45, 7) is 6.91. The first-order valence-electron chi connectivity index (χ1n) is 6.34. The van der Waals surface area contributed by atoms with Crippen molar-refractivity contribution in [2.75, 3.05) is 38.6 Å². The van der Waals surface area contributed by atoms with Crippen LogP contribution < -0.4 is 0 Å². The molecule has 0 aromatic heterocycles. The molecule has 0 N–H and O–H groups in total. The van der Waals surface area contributed by atoms with Gasteiger partial charge in [0.2, 0.25) is 5.91 Å². The Hall–Kier alpha value is -0.280. The first kappa shape index (κ1) is 13.8. The molecule has 0 aromatic rings. The molecule has 1 fully saturated rings. The van der Waals surface area contributed by atoms with Gasteiger partial charge in [-0.15, -0.1) is 11.6 Å². The van der Waals surface area contributed by atoms with E-state index in [1.54, 1.807) is 0 Å². The quantitative estimate of drug-likeness (QED) is 0.693. The number of hydrogen-bond donors (Lipinski definition) is 0. The third-order valence-corrected chi connectivity index (χ3v) is 3.26. The number of nitrogens with zero attached hydrogens (tertiary/aromatic N) is 2. The second-order valence-electron chi connectivity index (χ2n) is 4.37. The molecule has 0 unspecified atom stereocenters. The van der Waals surface area contributed by atoms with E-state index in [1.165, 1.54) is 0 Å². The van der Waals surface area contributed by atoms with Crippen LogP contribution in [0.25, 0.3) is 0 Å². The van der Waals surface area contributed by atoms with Crippen LogP contribution in [0.2, 0.25) is 0 Å². The predicted molar refractivity (Wildman–Crippen MR) is 67.9 cm³/mol. The SMILES string of the molecule is CCCCC(=O)N1CCCN(CCCl)CC1. The van der Waals surface area contributed by atoms with Crippen molar-refractivity contribution < 1.29 is 4.79 Å². The van der Waals surface area contributed by atoms with Crippen LogP contribution in [0.4, 0.5) is 0 Å². The number of amides is 1. The summed E-state index contributed by atoms with van der Waals surface area (Å²) in [5.41, 5.74) is 0. The summed E-state index contributed by atoms with van der Waals surface area (Å²) in [5.74, 6) is 1.01. The maximum atomic E-state index is 11.9. The molecule has 0 aliphatic carbocycles. The molecule has 94 valence electrons. The number of alkyl halides is 1. The second-order valence-corrected chi connectivity index (χ2v) is 4.75. The third kappa shape index (κ3) is 4.71. The number of carbonyl (C=O) groups excluding carboxylic acids is 1. The van der Waals surface area contributed by atoms with Crippen molar-refractivity contribution >= 4 is 17.5 Å². The lowest BCUT2D eigenvalue weighted by Crippen LogP contribution is -2.35. The van der Waals surface area contributed by atoms with E-state index in [2.05, 4.69) is 11.8 Å². The third-order valence-electron chi connectivity index (χ3n) is 3.09. The predicted octanol–water partition coefficient (Wildman–Crippen LogP) is 1.95. The zero-order valence-corrected chi connectivity index (χ0v) is 11.0.